The number of rotatable bonds is 13. The maximum absolute atomic E-state index is 14.6. The average Bonchev–Trinajstić information content (AvgIpc) is 1.69. The van der Waals surface area contributed by atoms with Crippen LogP contribution in [-0.2, 0) is 0 Å². The smallest absolute Gasteiger partial charge is 0.850 e. The Morgan fingerprint density at radius 2 is 0.552 bits per heavy atom. The van der Waals surface area contributed by atoms with Gasteiger partial charge in [0, 0.05) is 120 Å². The molecule has 17 heteroatoms. The summed E-state index contributed by atoms with van der Waals surface area (Å²) < 4.78 is 64.8. The van der Waals surface area contributed by atoms with Gasteiger partial charge in [0.2, 0.25) is 0 Å². The van der Waals surface area contributed by atoms with E-state index in [1.807, 2.05) is 42.5 Å². The van der Waals surface area contributed by atoms with Gasteiger partial charge in [-0.3, -0.25) is 9.41 Å². The Hall–Kier alpha value is -14.9. The summed E-state index contributed by atoms with van der Waals surface area (Å²) in [4.78, 5) is 4.42. The number of para-hydroxylation sites is 8. The normalized spacial score (nSPS) is 11.0. The number of fused-ring (bicyclic) bond motifs is 13. The maximum Gasteiger partial charge on any atom is 1.00 e. The molecule has 3 N–H and O–H groups in total. The van der Waals surface area contributed by atoms with E-state index in [-0.39, 0.29) is 69.7 Å². The summed E-state index contributed by atoms with van der Waals surface area (Å²) in [5, 5.41) is 25.2. The Labute approximate surface area is 809 Å². The summed E-state index contributed by atoms with van der Waals surface area (Å²) in [5.74, 6) is -1.06. The Morgan fingerprint density at radius 1 is 0.276 bits per heavy atom. The Bertz CT molecular complexity index is 7970. The predicted octanol–water partition coefficient (Wildman–Crippen LogP) is 29.5. The van der Waals surface area contributed by atoms with Crippen molar-refractivity contribution in [1.29, 1.82) is 0 Å². The van der Waals surface area contributed by atoms with Crippen molar-refractivity contribution in [2.45, 2.75) is 33.8 Å². The molecular formula is C117H92F6IN8NaO. The molecule has 4 heterocycles. The van der Waals surface area contributed by atoms with Gasteiger partial charge in [0.1, 0.15) is 23.3 Å². The van der Waals surface area contributed by atoms with Crippen molar-refractivity contribution >= 4 is 172 Å². The fourth-order valence-corrected chi connectivity index (χ4v) is 17.8. The van der Waals surface area contributed by atoms with Gasteiger partial charge in [-0.05, 0) is 300 Å². The molecule has 23 aromatic rings. The molecule has 0 bridgehead atoms. The zero-order valence-corrected chi connectivity index (χ0v) is 77.3. The van der Waals surface area contributed by atoms with Gasteiger partial charge in [-0.15, -0.1) is 5.60 Å². The number of hydrogen-bond acceptors (Lipinski definition) is 5. The molecule has 0 radical (unpaired) electrons. The number of nitrogen functional groups attached to an aromatic ring is 1. The molecule has 0 saturated carbocycles. The minimum atomic E-state index is -0.750. The quantitative estimate of drug-likeness (QED) is 0.0520. The van der Waals surface area contributed by atoms with Crippen LogP contribution in [0.4, 0.5) is 78.2 Å². The zero-order valence-electron chi connectivity index (χ0n) is 73.1. The van der Waals surface area contributed by atoms with E-state index in [9.17, 15) is 22.7 Å². The molecule has 9 nitrogen and oxygen atoms in total. The van der Waals surface area contributed by atoms with Crippen LogP contribution in [0.2, 0.25) is 0 Å². The van der Waals surface area contributed by atoms with Crippen molar-refractivity contribution in [2.24, 2.45) is 0 Å². The number of nitrogens with two attached hydrogens (primary N) is 1. The van der Waals surface area contributed by atoms with Gasteiger partial charge in [-0.1, -0.05) is 216 Å². The van der Waals surface area contributed by atoms with Gasteiger partial charge >= 0.3 is 29.6 Å². The molecule has 19 aromatic carbocycles. The molecule has 0 spiro atoms. The predicted molar refractivity (Wildman–Crippen MR) is 554 cm³/mol. The van der Waals surface area contributed by atoms with Crippen LogP contribution in [0.25, 0.3) is 132 Å². The second-order valence-corrected chi connectivity index (χ2v) is 33.9. The Morgan fingerprint density at radius 3 is 0.940 bits per heavy atom. The summed E-state index contributed by atoms with van der Waals surface area (Å²) >= 11 is 2.38. The van der Waals surface area contributed by atoms with Crippen LogP contribution in [0, 0.1) is 26.8 Å². The number of nitrogens with one attached hydrogen (secondary N) is 1. The van der Waals surface area contributed by atoms with E-state index >= 15 is 0 Å². The van der Waals surface area contributed by atoms with E-state index < -0.39 is 5.60 Å². The number of nitrogens with zero attached hydrogens (tertiary/aromatic N) is 6. The first-order valence-electron chi connectivity index (χ1n) is 43.0. The van der Waals surface area contributed by atoms with E-state index in [1.165, 1.54) is 108 Å². The van der Waals surface area contributed by atoms with Crippen LogP contribution in [0.15, 0.2) is 449 Å². The fourth-order valence-electron chi connectivity index (χ4n) is 17.4. The molecule has 0 aliphatic heterocycles. The van der Waals surface area contributed by atoms with Crippen LogP contribution >= 0.6 is 22.6 Å². The van der Waals surface area contributed by atoms with Crippen LogP contribution < -0.4 is 55.5 Å². The fraction of sp³-hybridized carbons (Fsp3) is 0.0427. The molecule has 4 aromatic heterocycles. The second-order valence-electron chi connectivity index (χ2n) is 32.7. The number of aromatic nitrogens is 4. The van der Waals surface area contributed by atoms with Crippen LogP contribution in [0.3, 0.4) is 0 Å². The minimum Gasteiger partial charge on any atom is -0.850 e. The first kappa shape index (κ1) is 93.8. The molecule has 656 valence electrons. The molecule has 0 amide bonds. The Balaban J connectivity index is 0.000000173. The summed E-state index contributed by atoms with van der Waals surface area (Å²) in [5.41, 5.74) is 28.5. The van der Waals surface area contributed by atoms with Crippen LogP contribution in [-0.4, -0.2) is 23.9 Å². The summed E-state index contributed by atoms with van der Waals surface area (Å²) in [7, 11) is 0. The number of halogens is 7. The van der Waals surface area contributed by atoms with Gasteiger partial charge in [0.05, 0.1) is 49.8 Å². The van der Waals surface area contributed by atoms with E-state index in [0.717, 1.165) is 134 Å². The molecule has 134 heavy (non-hydrogen) atoms. The van der Waals surface area contributed by atoms with E-state index in [1.54, 1.807) is 32.9 Å². The van der Waals surface area contributed by atoms with E-state index in [0.29, 0.717) is 5.69 Å². The molecule has 23 rings (SSSR count). The summed E-state index contributed by atoms with van der Waals surface area (Å²) in [6.07, 6.45) is 0. The third kappa shape index (κ3) is 19.7. The van der Waals surface area contributed by atoms with Crippen molar-refractivity contribution in [1.82, 2.24) is 18.3 Å². The molecule has 0 saturated heterocycles. The molecule has 0 aliphatic carbocycles. The maximum atomic E-state index is 14.6. The van der Waals surface area contributed by atoms with Crippen LogP contribution in [0.1, 0.15) is 28.2 Å². The monoisotopic (exact) mass is 1890 g/mol. The summed E-state index contributed by atoms with van der Waals surface area (Å²) in [6.45, 7) is 4.90. The van der Waals surface area contributed by atoms with Gasteiger partial charge < -0.3 is 44.2 Å². The molecular weight excluding hydrogens is 1800 g/mol. The number of benzene rings is 19. The van der Waals surface area contributed by atoms with Crippen molar-refractivity contribution < 1.29 is 61.6 Å². The molecule has 0 atom stereocenters. The third-order valence-electron chi connectivity index (χ3n) is 22.9. The zero-order chi connectivity index (χ0) is 88.9. The van der Waals surface area contributed by atoms with Crippen LogP contribution in [0.5, 0.6) is 0 Å². The first-order valence-corrected chi connectivity index (χ1v) is 44.0. The summed E-state index contributed by atoms with van der Waals surface area (Å²) in [6, 6.07) is 149. The number of anilines is 9. The third-order valence-corrected chi connectivity index (χ3v) is 23.6. The molecule has 0 fully saturated rings. The minimum absolute atomic E-state index is 0. The van der Waals surface area contributed by atoms with Gasteiger partial charge in [0.15, 0.2) is 0 Å². The standard InChI is InChI=1S/C64H42F2N4.C24H17FN2.C18H12IN.C6H6FN.C4H9O.CH4.2FH.Na/c65-44-25-31-49(32-26-44)67(51-35-38-63-58(41-51)56-19-9-11-21-60(56)69(63)46-13-3-1-4-14-46)48-29-23-43(24-30-48)53-37-40-62(55-18-8-7-17-54(53)55)68(50-33-27-45(66)28-34-50)52-36-39-64-59(42-52)57-20-10-12-22-61(57)70(64)47-15-5-2-6-16-47;25-17-10-12-18(13-11-17)26-19-14-15-24-22(16-19)21-8-4-5-9-23(21)27(24)20-6-2-1-3-7-20;19-13-10-11-18-16(12-13)15-8-4-5-9-17(15)20(18)14-6-2-1-3-7-14;7-5-1-3-6(8)4-2-5;1-4(2,3)5;;;;/h1-42H;1-16,26H;1-12H;1-4H,8H2;1-3H3;1H4;2*1H;/q;;;;-1;;;;+1. The van der Waals surface area contributed by atoms with Crippen molar-refractivity contribution in [3.05, 3.63) is 476 Å². The first-order chi connectivity index (χ1) is 63.5. The Kier molecular flexibility index (Phi) is 28.9. The van der Waals surface area contributed by atoms with Crippen molar-refractivity contribution in [2.75, 3.05) is 20.9 Å². The number of hydrogen-bond donors (Lipinski definition) is 2. The van der Waals surface area contributed by atoms with Gasteiger partial charge in [-0.25, -0.2) is 17.6 Å². The average molecular weight is 1890 g/mol. The second kappa shape index (κ2) is 41.3. The molecule has 0 unspecified atom stereocenters. The van der Waals surface area contributed by atoms with Crippen molar-refractivity contribution in [3.8, 4) is 33.9 Å². The topological polar surface area (TPSA) is 87.3 Å². The van der Waals surface area contributed by atoms with Gasteiger partial charge in [-0.2, -0.15) is 0 Å². The van der Waals surface area contributed by atoms with Crippen molar-refractivity contribution in [3.63, 3.8) is 0 Å². The van der Waals surface area contributed by atoms with E-state index in [4.69, 9.17) is 5.73 Å². The van der Waals surface area contributed by atoms with E-state index in [2.05, 4.69) is 390 Å². The van der Waals surface area contributed by atoms with Gasteiger partial charge in [0.25, 0.3) is 0 Å². The molecule has 0 aliphatic rings. The largest absolute Gasteiger partial charge is 1.00 e. The SMILES string of the molecule is C.CC(C)(C)[O-].F.F.Fc1ccc(N(c2ccc(-c3ccc(N(c4ccc(F)cc4)c4ccc5c(c4)c4ccccc4n5-c4ccccc4)c4ccccc34)cc2)c2ccc3c(c2)c2ccccc2n3-c2ccccc2)cc1.Fc1ccc(Nc2ccc3c(c2)c2ccccc2n3-c2ccccc2)cc1.Ic1ccc2c(c1)c1ccccc1n2-c1ccccc1.Nc1ccc(F)cc1.[Na+].